The molecule has 0 radical (unpaired) electrons. The zero-order valence-electron chi connectivity index (χ0n) is 11.6. The molecule has 0 unspecified atom stereocenters. The average molecular weight is 291 g/mol. The topological polar surface area (TPSA) is 86.5 Å². The van der Waals surface area contributed by atoms with Gasteiger partial charge >= 0.3 is 0 Å². The number of nitrogens with one attached hydrogen (secondary N) is 3. The Morgan fingerprint density at radius 2 is 2.05 bits per heavy atom. The van der Waals surface area contributed by atoms with Crippen LogP contribution in [0.3, 0.4) is 0 Å². The molecule has 6 nitrogen and oxygen atoms in total. The quantitative estimate of drug-likeness (QED) is 0.542. The van der Waals surface area contributed by atoms with Gasteiger partial charge in [-0.1, -0.05) is 18.2 Å². The number of benzene rings is 1. The number of aromatic nitrogens is 4. The van der Waals surface area contributed by atoms with Gasteiger partial charge in [-0.3, -0.25) is 4.79 Å². The third-order valence-electron chi connectivity index (χ3n) is 3.58. The minimum atomic E-state index is -0.0783. The maximum atomic E-state index is 12.2. The number of nitrogens with zero attached hydrogens (tertiary/aromatic N) is 2. The van der Waals surface area contributed by atoms with Crippen LogP contribution in [0.2, 0.25) is 0 Å². The van der Waals surface area contributed by atoms with Gasteiger partial charge in [-0.2, -0.15) is 0 Å². The van der Waals surface area contributed by atoms with E-state index in [1.165, 1.54) is 0 Å². The highest BCUT2D eigenvalue weighted by Crippen LogP contribution is 2.19. The van der Waals surface area contributed by atoms with Gasteiger partial charge in [0.2, 0.25) is 5.91 Å². The van der Waals surface area contributed by atoms with E-state index in [9.17, 15) is 4.79 Å². The molecule has 0 aliphatic heterocycles. The molecule has 22 heavy (non-hydrogen) atoms. The molecule has 1 aromatic carbocycles. The second kappa shape index (κ2) is 5.00. The maximum absolute atomic E-state index is 12.2. The summed E-state index contributed by atoms with van der Waals surface area (Å²) in [4.78, 5) is 26.6. The summed E-state index contributed by atoms with van der Waals surface area (Å²) < 4.78 is 0. The second-order valence-electron chi connectivity index (χ2n) is 5.08. The molecule has 0 saturated heterocycles. The molecule has 6 heteroatoms. The van der Waals surface area contributed by atoms with Gasteiger partial charge in [0, 0.05) is 17.1 Å². The Bertz CT molecular complexity index is 969. The molecule has 0 bridgehead atoms. The lowest BCUT2D eigenvalue weighted by Gasteiger charge is -2.04. The number of H-pyrrole nitrogens is 2. The summed E-state index contributed by atoms with van der Waals surface area (Å²) in [7, 11) is 0. The van der Waals surface area contributed by atoms with E-state index in [-0.39, 0.29) is 5.91 Å². The number of fused-ring (bicyclic) bond motifs is 2. The van der Waals surface area contributed by atoms with Crippen molar-refractivity contribution in [2.75, 3.05) is 5.32 Å². The molecule has 3 N–H and O–H groups in total. The summed E-state index contributed by atoms with van der Waals surface area (Å²) >= 11 is 0. The third-order valence-corrected chi connectivity index (χ3v) is 3.58. The van der Waals surface area contributed by atoms with E-state index < -0.39 is 0 Å². The predicted octanol–water partition coefficient (Wildman–Crippen LogP) is 2.62. The summed E-state index contributed by atoms with van der Waals surface area (Å²) in [6.07, 6.45) is 5.37. The van der Waals surface area contributed by atoms with Crippen LogP contribution >= 0.6 is 0 Å². The summed E-state index contributed by atoms with van der Waals surface area (Å²) in [5.41, 5.74) is 4.09. The van der Waals surface area contributed by atoms with Crippen LogP contribution in [0.5, 0.6) is 0 Å². The van der Waals surface area contributed by atoms with Crippen molar-refractivity contribution in [3.05, 3.63) is 54.6 Å². The van der Waals surface area contributed by atoms with E-state index in [0.717, 1.165) is 22.0 Å². The third kappa shape index (κ3) is 2.20. The maximum Gasteiger partial charge on any atom is 0.228 e. The molecule has 0 aliphatic rings. The molecule has 4 aromatic rings. The number of hydrogen-bond acceptors (Lipinski definition) is 3. The summed E-state index contributed by atoms with van der Waals surface area (Å²) in [5.74, 6) is -0.0783. The first-order valence-electron chi connectivity index (χ1n) is 6.93. The minimum Gasteiger partial charge on any atom is -0.361 e. The number of para-hydroxylation sites is 1. The SMILES string of the molecule is O=C(Cc1c[nH]c2ccccc12)Nc1cnc2nc[nH]c2c1. The Balaban J connectivity index is 1.54. The summed E-state index contributed by atoms with van der Waals surface area (Å²) in [5, 5.41) is 3.93. The van der Waals surface area contributed by atoms with Crippen molar-refractivity contribution in [2.45, 2.75) is 6.42 Å². The number of anilines is 1. The van der Waals surface area contributed by atoms with Crippen LogP contribution in [0, 0.1) is 0 Å². The van der Waals surface area contributed by atoms with E-state index in [1.54, 1.807) is 12.5 Å². The van der Waals surface area contributed by atoms with Gasteiger partial charge in [-0.05, 0) is 17.7 Å². The minimum absolute atomic E-state index is 0.0783. The van der Waals surface area contributed by atoms with E-state index >= 15 is 0 Å². The first-order chi connectivity index (χ1) is 10.8. The standard InChI is InChI=1S/C16H13N5O/c22-15(5-10-7-17-13-4-2-1-3-12(10)13)21-11-6-14-16(18-8-11)20-9-19-14/h1-4,6-9,17H,5H2,(H,21,22)(H,18,19,20). The van der Waals surface area contributed by atoms with Gasteiger partial charge in [0.25, 0.3) is 0 Å². The summed E-state index contributed by atoms with van der Waals surface area (Å²) in [6, 6.07) is 9.75. The first-order valence-corrected chi connectivity index (χ1v) is 6.93. The van der Waals surface area contributed by atoms with Gasteiger partial charge in [-0.25, -0.2) is 9.97 Å². The largest absolute Gasteiger partial charge is 0.361 e. The van der Waals surface area contributed by atoms with Crippen LogP contribution in [0.15, 0.2) is 49.1 Å². The van der Waals surface area contributed by atoms with Crippen molar-refractivity contribution < 1.29 is 4.79 Å². The highest BCUT2D eigenvalue weighted by molar-refractivity contribution is 5.96. The predicted molar refractivity (Wildman–Crippen MR) is 84.5 cm³/mol. The molecule has 1 amide bonds. The second-order valence-corrected chi connectivity index (χ2v) is 5.08. The van der Waals surface area contributed by atoms with Crippen molar-refractivity contribution in [2.24, 2.45) is 0 Å². The summed E-state index contributed by atoms with van der Waals surface area (Å²) in [6.45, 7) is 0. The Morgan fingerprint density at radius 3 is 3.00 bits per heavy atom. The van der Waals surface area contributed by atoms with E-state index in [4.69, 9.17) is 0 Å². The van der Waals surface area contributed by atoms with Gasteiger partial charge < -0.3 is 15.3 Å². The Morgan fingerprint density at radius 1 is 1.14 bits per heavy atom. The Hall–Kier alpha value is -3.15. The molecule has 0 spiro atoms. The zero-order chi connectivity index (χ0) is 14.9. The lowest BCUT2D eigenvalue weighted by molar-refractivity contribution is -0.115. The fourth-order valence-electron chi connectivity index (χ4n) is 2.55. The molecule has 0 atom stereocenters. The number of aromatic amines is 2. The molecule has 0 saturated carbocycles. The first kappa shape index (κ1) is 12.6. The van der Waals surface area contributed by atoms with Crippen LogP contribution in [0.4, 0.5) is 5.69 Å². The normalized spacial score (nSPS) is 11.1. The van der Waals surface area contributed by atoms with Gasteiger partial charge in [0.1, 0.15) is 0 Å². The van der Waals surface area contributed by atoms with E-state index in [1.807, 2.05) is 36.5 Å². The van der Waals surface area contributed by atoms with Crippen molar-refractivity contribution in [3.8, 4) is 0 Å². The van der Waals surface area contributed by atoms with Crippen molar-refractivity contribution >= 4 is 33.7 Å². The lowest BCUT2D eigenvalue weighted by Crippen LogP contribution is -2.14. The van der Waals surface area contributed by atoms with Crippen LogP contribution in [0.1, 0.15) is 5.56 Å². The number of amides is 1. The van der Waals surface area contributed by atoms with Crippen molar-refractivity contribution in [1.82, 2.24) is 19.9 Å². The van der Waals surface area contributed by atoms with Crippen molar-refractivity contribution in [3.63, 3.8) is 0 Å². The fourth-order valence-corrected chi connectivity index (χ4v) is 2.55. The monoisotopic (exact) mass is 291 g/mol. The lowest BCUT2D eigenvalue weighted by atomic mass is 10.1. The van der Waals surface area contributed by atoms with Crippen LogP contribution in [-0.4, -0.2) is 25.8 Å². The average Bonchev–Trinajstić information content (AvgIpc) is 3.14. The van der Waals surface area contributed by atoms with Crippen molar-refractivity contribution in [1.29, 1.82) is 0 Å². The number of pyridine rings is 1. The van der Waals surface area contributed by atoms with Crippen LogP contribution in [0.25, 0.3) is 22.1 Å². The zero-order valence-corrected chi connectivity index (χ0v) is 11.6. The molecule has 3 heterocycles. The van der Waals surface area contributed by atoms with Crippen LogP contribution < -0.4 is 5.32 Å². The highest BCUT2D eigenvalue weighted by atomic mass is 16.1. The number of carbonyl (C=O) groups is 1. The molecule has 108 valence electrons. The fraction of sp³-hybridized carbons (Fsp3) is 0.0625. The number of hydrogen-bond donors (Lipinski definition) is 3. The molecule has 4 rings (SSSR count). The molecular weight excluding hydrogens is 278 g/mol. The molecule has 3 aromatic heterocycles. The van der Waals surface area contributed by atoms with Crippen LogP contribution in [-0.2, 0) is 11.2 Å². The Kier molecular flexibility index (Phi) is 2.86. The Labute approximate surface area is 125 Å². The van der Waals surface area contributed by atoms with E-state index in [0.29, 0.717) is 17.8 Å². The van der Waals surface area contributed by atoms with Gasteiger partial charge in [-0.15, -0.1) is 0 Å². The highest BCUT2D eigenvalue weighted by Gasteiger charge is 2.09. The molecule has 0 aliphatic carbocycles. The number of carbonyl (C=O) groups excluding carboxylic acids is 1. The number of imidazole rings is 1. The van der Waals surface area contributed by atoms with Gasteiger partial charge in [0.05, 0.1) is 30.1 Å². The van der Waals surface area contributed by atoms with E-state index in [2.05, 4.69) is 25.3 Å². The smallest absolute Gasteiger partial charge is 0.228 e. The molecular formula is C16H13N5O. The molecule has 0 fully saturated rings. The van der Waals surface area contributed by atoms with Gasteiger partial charge in [0.15, 0.2) is 5.65 Å². The number of rotatable bonds is 3.